The first-order valence-electron chi connectivity index (χ1n) is 5.90. The van der Waals surface area contributed by atoms with E-state index in [1.54, 1.807) is 33.0 Å². The molecule has 1 aromatic carbocycles. The number of halogens is 2. The molecule has 0 radical (unpaired) electrons. The molecule has 1 N–H and O–H groups in total. The molecular weight excluding hydrogens is 333 g/mol. The Hall–Kier alpha value is -0.460. The third kappa shape index (κ3) is 3.77. The second kappa shape index (κ2) is 5.89. The SMILES string of the molecule is CNC(Cc1ccc(Br)cc1F)C(C)(C)S(C)(=O)=O. The molecule has 0 saturated carbocycles. The van der Waals surface area contributed by atoms with Crippen molar-refractivity contribution in [2.75, 3.05) is 13.3 Å². The van der Waals surface area contributed by atoms with E-state index in [0.717, 1.165) is 0 Å². The Balaban J connectivity index is 3.07. The third-order valence-electron chi connectivity index (χ3n) is 3.58. The van der Waals surface area contributed by atoms with Gasteiger partial charge in [-0.25, -0.2) is 12.8 Å². The zero-order valence-electron chi connectivity index (χ0n) is 11.5. The van der Waals surface area contributed by atoms with Gasteiger partial charge in [-0.15, -0.1) is 0 Å². The van der Waals surface area contributed by atoms with Crippen LogP contribution in [0.15, 0.2) is 22.7 Å². The van der Waals surface area contributed by atoms with Crippen LogP contribution in [-0.4, -0.2) is 32.5 Å². The summed E-state index contributed by atoms with van der Waals surface area (Å²) in [5.74, 6) is -0.334. The van der Waals surface area contributed by atoms with Gasteiger partial charge in [0, 0.05) is 16.8 Å². The molecule has 0 amide bonds. The first-order chi connectivity index (χ1) is 8.59. The Morgan fingerprint density at radius 1 is 1.42 bits per heavy atom. The number of sulfone groups is 1. The molecule has 0 fully saturated rings. The molecule has 1 atom stereocenters. The highest BCUT2D eigenvalue weighted by Crippen LogP contribution is 2.25. The van der Waals surface area contributed by atoms with Crippen LogP contribution in [0.4, 0.5) is 4.39 Å². The normalized spacial score (nSPS) is 14.4. The molecule has 0 saturated heterocycles. The van der Waals surface area contributed by atoms with E-state index in [-0.39, 0.29) is 11.9 Å². The summed E-state index contributed by atoms with van der Waals surface area (Å²) in [6, 6.07) is 4.44. The molecule has 0 aliphatic heterocycles. The average Bonchev–Trinajstić information content (AvgIpc) is 2.26. The zero-order valence-corrected chi connectivity index (χ0v) is 13.9. The standard InChI is InChI=1S/C13H19BrFNO2S/c1-13(2,19(4,17)18)12(16-3)7-9-5-6-10(14)8-11(9)15/h5-6,8,12,16H,7H2,1-4H3. The van der Waals surface area contributed by atoms with Crippen LogP contribution in [0.3, 0.4) is 0 Å². The molecule has 0 aliphatic carbocycles. The fourth-order valence-corrected chi connectivity index (χ4v) is 2.91. The first-order valence-corrected chi connectivity index (χ1v) is 8.59. The zero-order chi connectivity index (χ0) is 14.8. The number of nitrogens with one attached hydrogen (secondary N) is 1. The summed E-state index contributed by atoms with van der Waals surface area (Å²) >= 11 is 3.20. The van der Waals surface area contributed by atoms with Gasteiger partial charge in [0.15, 0.2) is 9.84 Å². The second-order valence-electron chi connectivity index (χ2n) is 5.16. The average molecular weight is 352 g/mol. The highest BCUT2D eigenvalue weighted by atomic mass is 79.9. The summed E-state index contributed by atoms with van der Waals surface area (Å²) in [7, 11) is -1.56. The topological polar surface area (TPSA) is 46.2 Å². The molecule has 0 heterocycles. The van der Waals surface area contributed by atoms with Crippen molar-refractivity contribution in [3.8, 4) is 0 Å². The van der Waals surface area contributed by atoms with E-state index in [1.807, 2.05) is 0 Å². The third-order valence-corrected chi connectivity index (χ3v) is 6.27. The lowest BCUT2D eigenvalue weighted by atomic mass is 9.95. The van der Waals surface area contributed by atoms with E-state index >= 15 is 0 Å². The summed E-state index contributed by atoms with van der Waals surface area (Å²) in [6.45, 7) is 3.31. The molecule has 0 bridgehead atoms. The number of likely N-dealkylation sites (N-methyl/N-ethyl adjacent to an activating group) is 1. The lowest BCUT2D eigenvalue weighted by molar-refractivity contribution is 0.425. The Morgan fingerprint density at radius 3 is 2.42 bits per heavy atom. The minimum absolute atomic E-state index is 0.315. The lowest BCUT2D eigenvalue weighted by Gasteiger charge is -2.32. The fourth-order valence-electron chi connectivity index (χ4n) is 1.86. The van der Waals surface area contributed by atoms with Gasteiger partial charge in [0.1, 0.15) is 5.82 Å². The molecule has 1 aromatic rings. The van der Waals surface area contributed by atoms with E-state index in [0.29, 0.717) is 16.5 Å². The van der Waals surface area contributed by atoms with E-state index in [4.69, 9.17) is 0 Å². The maximum atomic E-state index is 13.8. The number of hydrogen-bond acceptors (Lipinski definition) is 3. The molecule has 1 unspecified atom stereocenters. The van der Waals surface area contributed by atoms with Crippen molar-refractivity contribution in [3.63, 3.8) is 0 Å². The smallest absolute Gasteiger partial charge is 0.154 e. The first kappa shape index (κ1) is 16.6. The molecule has 19 heavy (non-hydrogen) atoms. The van der Waals surface area contributed by atoms with Crippen LogP contribution in [0.2, 0.25) is 0 Å². The number of rotatable bonds is 5. The van der Waals surface area contributed by atoms with Gasteiger partial charge in [0.05, 0.1) is 4.75 Å². The minimum Gasteiger partial charge on any atom is -0.315 e. The Labute approximate surface area is 122 Å². The summed E-state index contributed by atoms with van der Waals surface area (Å²) in [4.78, 5) is 0. The molecule has 0 spiro atoms. The van der Waals surface area contributed by atoms with Crippen LogP contribution < -0.4 is 5.32 Å². The predicted octanol–water partition coefficient (Wildman–Crippen LogP) is 2.54. The Bertz CT molecular complexity index is 558. The maximum absolute atomic E-state index is 13.8. The van der Waals surface area contributed by atoms with Gasteiger partial charge in [-0.05, 0) is 45.0 Å². The van der Waals surface area contributed by atoms with E-state index in [2.05, 4.69) is 21.2 Å². The van der Waals surface area contributed by atoms with Gasteiger partial charge in [0.25, 0.3) is 0 Å². The lowest BCUT2D eigenvalue weighted by Crippen LogP contribution is -2.51. The monoisotopic (exact) mass is 351 g/mol. The maximum Gasteiger partial charge on any atom is 0.154 e. The van der Waals surface area contributed by atoms with Crippen molar-refractivity contribution in [1.82, 2.24) is 5.32 Å². The summed E-state index contributed by atoms with van der Waals surface area (Å²) in [6.07, 6.45) is 1.52. The Morgan fingerprint density at radius 2 is 2.00 bits per heavy atom. The van der Waals surface area contributed by atoms with Gasteiger partial charge in [-0.2, -0.15) is 0 Å². The van der Waals surface area contributed by atoms with Crippen LogP contribution in [0, 0.1) is 5.82 Å². The van der Waals surface area contributed by atoms with Gasteiger partial charge < -0.3 is 5.32 Å². The van der Waals surface area contributed by atoms with Crippen LogP contribution in [0.5, 0.6) is 0 Å². The predicted molar refractivity (Wildman–Crippen MR) is 79.6 cm³/mol. The summed E-state index contributed by atoms with van der Waals surface area (Å²) < 4.78 is 37.2. The minimum atomic E-state index is -3.25. The van der Waals surface area contributed by atoms with E-state index < -0.39 is 14.6 Å². The molecule has 0 aliphatic rings. The van der Waals surface area contributed by atoms with Crippen LogP contribution >= 0.6 is 15.9 Å². The van der Waals surface area contributed by atoms with Crippen molar-refractivity contribution < 1.29 is 12.8 Å². The van der Waals surface area contributed by atoms with E-state index in [9.17, 15) is 12.8 Å². The molecule has 0 aromatic heterocycles. The molecular formula is C13H19BrFNO2S. The second-order valence-corrected chi connectivity index (χ2v) is 8.67. The van der Waals surface area contributed by atoms with Crippen molar-refractivity contribution in [1.29, 1.82) is 0 Å². The fraction of sp³-hybridized carbons (Fsp3) is 0.538. The van der Waals surface area contributed by atoms with Gasteiger partial charge in [-0.3, -0.25) is 0 Å². The number of hydrogen-bond donors (Lipinski definition) is 1. The number of benzene rings is 1. The van der Waals surface area contributed by atoms with Gasteiger partial charge in [0.2, 0.25) is 0 Å². The van der Waals surface area contributed by atoms with Crippen molar-refractivity contribution in [2.24, 2.45) is 0 Å². The molecule has 3 nitrogen and oxygen atoms in total. The van der Waals surface area contributed by atoms with Gasteiger partial charge in [-0.1, -0.05) is 22.0 Å². The quantitative estimate of drug-likeness (QED) is 0.886. The highest BCUT2D eigenvalue weighted by Gasteiger charge is 2.38. The molecule has 1 rings (SSSR count). The summed E-state index contributed by atoms with van der Waals surface area (Å²) in [5.41, 5.74) is 0.499. The van der Waals surface area contributed by atoms with Crippen LogP contribution in [0.1, 0.15) is 19.4 Å². The largest absolute Gasteiger partial charge is 0.315 e. The Kier molecular flexibility index (Phi) is 5.15. The highest BCUT2D eigenvalue weighted by molar-refractivity contribution is 9.10. The van der Waals surface area contributed by atoms with Crippen molar-refractivity contribution in [3.05, 3.63) is 34.1 Å². The molecule has 6 heteroatoms. The summed E-state index contributed by atoms with van der Waals surface area (Å²) in [5, 5.41) is 2.98. The van der Waals surface area contributed by atoms with Crippen molar-refractivity contribution >= 4 is 25.8 Å². The van der Waals surface area contributed by atoms with Crippen LogP contribution in [0.25, 0.3) is 0 Å². The van der Waals surface area contributed by atoms with Crippen LogP contribution in [-0.2, 0) is 16.3 Å². The van der Waals surface area contributed by atoms with E-state index in [1.165, 1.54) is 12.3 Å². The molecule has 108 valence electrons. The van der Waals surface area contributed by atoms with Gasteiger partial charge >= 0.3 is 0 Å². The van der Waals surface area contributed by atoms with Crippen molar-refractivity contribution in [2.45, 2.75) is 31.1 Å².